The molecule has 1 amide bonds. The molecule has 2 aromatic rings. The molecule has 0 atom stereocenters. The highest BCUT2D eigenvalue weighted by Crippen LogP contribution is 2.33. The smallest absolute Gasteiger partial charge is 0.263 e. The van der Waals surface area contributed by atoms with Gasteiger partial charge in [0.1, 0.15) is 10.1 Å². The highest BCUT2D eigenvalue weighted by Gasteiger charge is 2.22. The van der Waals surface area contributed by atoms with Crippen molar-refractivity contribution in [2.75, 3.05) is 7.11 Å². The molecule has 24 heavy (non-hydrogen) atoms. The van der Waals surface area contributed by atoms with Crippen molar-refractivity contribution in [1.29, 1.82) is 0 Å². The molecule has 6 heteroatoms. The van der Waals surface area contributed by atoms with Gasteiger partial charge in [-0.25, -0.2) is 0 Å². The van der Waals surface area contributed by atoms with Crippen LogP contribution >= 0.6 is 35.7 Å². The second kappa shape index (κ2) is 7.88. The molecule has 1 fully saturated rings. The highest BCUT2D eigenvalue weighted by atomic mass is 32.2. The molecule has 0 saturated carbocycles. The molecule has 0 unspecified atom stereocenters. The van der Waals surface area contributed by atoms with Crippen molar-refractivity contribution in [2.24, 2.45) is 0 Å². The van der Waals surface area contributed by atoms with E-state index in [0.29, 0.717) is 9.23 Å². The van der Waals surface area contributed by atoms with E-state index in [0.717, 1.165) is 27.5 Å². The van der Waals surface area contributed by atoms with E-state index in [9.17, 15) is 4.79 Å². The number of carbonyl (C=O) groups excluding carboxylic acids is 1. The third kappa shape index (κ3) is 4.01. The number of rotatable bonds is 5. The number of hydrogen-bond acceptors (Lipinski definition) is 5. The van der Waals surface area contributed by atoms with E-state index in [4.69, 9.17) is 17.0 Å². The van der Waals surface area contributed by atoms with Crippen molar-refractivity contribution in [3.05, 3.63) is 64.6 Å². The molecule has 2 aromatic carbocycles. The number of amides is 1. The summed E-state index contributed by atoms with van der Waals surface area (Å²) in [6.07, 6.45) is 1.90. The van der Waals surface area contributed by atoms with Crippen LogP contribution in [0, 0.1) is 0 Å². The monoisotopic (exact) mass is 373 g/mol. The number of carbonyl (C=O) groups is 1. The number of para-hydroxylation sites is 1. The van der Waals surface area contributed by atoms with Crippen molar-refractivity contribution in [3.8, 4) is 5.75 Å². The molecule has 1 aliphatic heterocycles. The van der Waals surface area contributed by atoms with Gasteiger partial charge in [-0.15, -0.1) is 11.8 Å². The van der Waals surface area contributed by atoms with E-state index in [-0.39, 0.29) is 5.91 Å². The number of methoxy groups -OCH3 is 1. The molecular weight excluding hydrogens is 358 g/mol. The van der Waals surface area contributed by atoms with Crippen LogP contribution in [0.4, 0.5) is 0 Å². The van der Waals surface area contributed by atoms with Gasteiger partial charge in [-0.05, 0) is 29.3 Å². The van der Waals surface area contributed by atoms with Gasteiger partial charge in [-0.1, -0.05) is 60.4 Å². The zero-order valence-corrected chi connectivity index (χ0v) is 15.4. The minimum absolute atomic E-state index is 0.128. The second-order valence-electron chi connectivity index (χ2n) is 4.99. The summed E-state index contributed by atoms with van der Waals surface area (Å²) >= 11 is 8.05. The maximum atomic E-state index is 11.9. The molecule has 1 aliphatic rings. The molecule has 3 nitrogen and oxygen atoms in total. The standard InChI is InChI=1S/C18H15NO2S3/c1-21-14-8-4-5-9-15(14)23-11-13-7-3-2-6-12(13)10-16-17(20)19-18(22)24-16/h2-10H,11H2,1H3,(H,19,20,22)/b16-10-. The van der Waals surface area contributed by atoms with E-state index in [2.05, 4.69) is 11.4 Å². The van der Waals surface area contributed by atoms with Crippen LogP contribution in [0.5, 0.6) is 5.75 Å². The molecule has 122 valence electrons. The van der Waals surface area contributed by atoms with Crippen molar-refractivity contribution in [3.63, 3.8) is 0 Å². The van der Waals surface area contributed by atoms with Gasteiger partial charge in [0.2, 0.25) is 0 Å². The summed E-state index contributed by atoms with van der Waals surface area (Å²) < 4.78 is 5.90. The van der Waals surface area contributed by atoms with Crippen LogP contribution in [0.3, 0.4) is 0 Å². The number of benzene rings is 2. The summed E-state index contributed by atoms with van der Waals surface area (Å²) in [5.74, 6) is 1.53. The highest BCUT2D eigenvalue weighted by molar-refractivity contribution is 8.26. The minimum Gasteiger partial charge on any atom is -0.496 e. The lowest BCUT2D eigenvalue weighted by molar-refractivity contribution is -0.115. The molecule has 0 bridgehead atoms. The van der Waals surface area contributed by atoms with E-state index < -0.39 is 0 Å². The first kappa shape index (κ1) is 17.1. The maximum Gasteiger partial charge on any atom is 0.263 e. The van der Waals surface area contributed by atoms with Gasteiger partial charge >= 0.3 is 0 Å². The van der Waals surface area contributed by atoms with E-state index in [1.54, 1.807) is 18.9 Å². The van der Waals surface area contributed by atoms with Gasteiger partial charge in [0.25, 0.3) is 5.91 Å². The topological polar surface area (TPSA) is 38.3 Å². The normalized spacial score (nSPS) is 15.6. The summed E-state index contributed by atoms with van der Waals surface area (Å²) in [4.78, 5) is 13.6. The lowest BCUT2D eigenvalue weighted by atomic mass is 10.1. The van der Waals surface area contributed by atoms with Gasteiger partial charge in [0, 0.05) is 10.6 Å². The Morgan fingerprint density at radius 2 is 1.96 bits per heavy atom. The molecule has 3 rings (SSSR count). The Bertz CT molecular complexity index is 817. The van der Waals surface area contributed by atoms with Gasteiger partial charge in [0.05, 0.1) is 12.0 Å². The Morgan fingerprint density at radius 3 is 2.71 bits per heavy atom. The Labute approximate surface area is 154 Å². The number of ether oxygens (including phenoxy) is 1. The Hall–Kier alpha value is -1.76. The first-order chi connectivity index (χ1) is 11.7. The first-order valence-electron chi connectivity index (χ1n) is 7.26. The van der Waals surface area contributed by atoms with Gasteiger partial charge in [0.15, 0.2) is 0 Å². The summed E-state index contributed by atoms with van der Waals surface area (Å²) in [5, 5.41) is 2.64. The van der Waals surface area contributed by atoms with Crippen LogP contribution in [0.1, 0.15) is 11.1 Å². The molecule has 0 aliphatic carbocycles. The number of thiocarbonyl (C=S) groups is 1. The summed E-state index contributed by atoms with van der Waals surface area (Å²) in [6.45, 7) is 0. The van der Waals surface area contributed by atoms with Crippen LogP contribution in [0.25, 0.3) is 6.08 Å². The van der Waals surface area contributed by atoms with Crippen LogP contribution in [0.15, 0.2) is 58.3 Å². The lowest BCUT2D eigenvalue weighted by Crippen LogP contribution is -2.17. The molecule has 0 aromatic heterocycles. The Balaban J connectivity index is 1.81. The minimum atomic E-state index is -0.128. The fourth-order valence-corrected chi connectivity index (χ4v) is 4.34. The molecule has 1 heterocycles. The largest absolute Gasteiger partial charge is 0.496 e. The number of nitrogens with one attached hydrogen (secondary N) is 1. The maximum absolute atomic E-state index is 11.9. The van der Waals surface area contributed by atoms with Crippen LogP contribution < -0.4 is 10.1 Å². The van der Waals surface area contributed by atoms with E-state index >= 15 is 0 Å². The lowest BCUT2D eigenvalue weighted by Gasteiger charge is -2.09. The average molecular weight is 374 g/mol. The Kier molecular flexibility index (Phi) is 5.60. The summed E-state index contributed by atoms with van der Waals surface area (Å²) in [7, 11) is 1.68. The molecule has 0 radical (unpaired) electrons. The second-order valence-corrected chi connectivity index (χ2v) is 7.73. The Morgan fingerprint density at radius 1 is 1.21 bits per heavy atom. The third-order valence-corrected chi connectivity index (χ3v) is 5.70. The van der Waals surface area contributed by atoms with Gasteiger partial charge in [-0.3, -0.25) is 4.79 Å². The molecule has 1 N–H and O–H groups in total. The quantitative estimate of drug-likeness (QED) is 0.475. The first-order valence-corrected chi connectivity index (χ1v) is 9.47. The van der Waals surface area contributed by atoms with Gasteiger partial charge < -0.3 is 10.1 Å². The van der Waals surface area contributed by atoms with Crippen LogP contribution in [-0.4, -0.2) is 17.3 Å². The van der Waals surface area contributed by atoms with Crippen LogP contribution in [0.2, 0.25) is 0 Å². The van der Waals surface area contributed by atoms with E-state index in [1.165, 1.54) is 11.8 Å². The van der Waals surface area contributed by atoms with E-state index in [1.807, 2.05) is 48.5 Å². The number of hydrogen-bond donors (Lipinski definition) is 1. The predicted octanol–water partition coefficient (Wildman–Crippen LogP) is 4.48. The van der Waals surface area contributed by atoms with Crippen molar-refractivity contribution in [1.82, 2.24) is 5.32 Å². The fraction of sp³-hybridized carbons (Fsp3) is 0.111. The number of thioether (sulfide) groups is 2. The predicted molar refractivity (Wildman–Crippen MR) is 105 cm³/mol. The zero-order valence-electron chi connectivity index (χ0n) is 12.9. The molecule has 1 saturated heterocycles. The van der Waals surface area contributed by atoms with Crippen LogP contribution in [-0.2, 0) is 10.5 Å². The SMILES string of the molecule is COc1ccccc1SCc1ccccc1/C=C1\SC(=S)NC1=O. The third-order valence-electron chi connectivity index (χ3n) is 3.44. The van der Waals surface area contributed by atoms with Gasteiger partial charge in [-0.2, -0.15) is 0 Å². The van der Waals surface area contributed by atoms with Crippen molar-refractivity contribution in [2.45, 2.75) is 10.6 Å². The average Bonchev–Trinajstić information content (AvgIpc) is 2.91. The van der Waals surface area contributed by atoms with Crippen molar-refractivity contribution < 1.29 is 9.53 Å². The fourth-order valence-electron chi connectivity index (χ4n) is 2.26. The summed E-state index contributed by atoms with van der Waals surface area (Å²) in [6, 6.07) is 16.0. The summed E-state index contributed by atoms with van der Waals surface area (Å²) in [5.41, 5.74) is 2.19. The molecule has 0 spiro atoms. The molecular formula is C18H15NO2S3. The van der Waals surface area contributed by atoms with Crippen molar-refractivity contribution >= 4 is 52.0 Å². The zero-order chi connectivity index (χ0) is 16.9.